The Hall–Kier alpha value is -3.58. The molecule has 0 aliphatic carbocycles. The van der Waals surface area contributed by atoms with E-state index in [4.69, 9.17) is 0 Å². The van der Waals surface area contributed by atoms with Crippen LogP contribution in [0.2, 0.25) is 0 Å². The van der Waals surface area contributed by atoms with Crippen LogP contribution in [0.25, 0.3) is 10.1 Å². The maximum absolute atomic E-state index is 12.7. The Morgan fingerprint density at radius 1 is 0.897 bits per heavy atom. The highest BCUT2D eigenvalue weighted by molar-refractivity contribution is 7.13. The van der Waals surface area contributed by atoms with Gasteiger partial charge in [-0.2, -0.15) is 4.37 Å². The van der Waals surface area contributed by atoms with Gasteiger partial charge in [0, 0.05) is 30.2 Å². The Balaban J connectivity index is 1.40. The minimum absolute atomic E-state index is 0.125. The number of pyridine rings is 1. The maximum Gasteiger partial charge on any atom is 0.270 e. The summed E-state index contributed by atoms with van der Waals surface area (Å²) >= 11 is 1.43. The molecule has 0 spiro atoms. The second-order valence-electron chi connectivity index (χ2n) is 6.30. The van der Waals surface area contributed by atoms with Gasteiger partial charge in [0.1, 0.15) is 11.5 Å². The number of anilines is 1. The zero-order valence-electron chi connectivity index (χ0n) is 15.5. The van der Waals surface area contributed by atoms with Crippen molar-refractivity contribution in [2.75, 3.05) is 18.4 Å². The van der Waals surface area contributed by atoms with Crippen molar-refractivity contribution in [3.63, 3.8) is 0 Å². The first-order valence-electron chi connectivity index (χ1n) is 9.15. The summed E-state index contributed by atoms with van der Waals surface area (Å²) in [7, 11) is 0. The lowest BCUT2D eigenvalue weighted by Crippen LogP contribution is -2.30. The lowest BCUT2D eigenvalue weighted by Gasteiger charge is -2.09. The van der Waals surface area contributed by atoms with Gasteiger partial charge in [-0.25, -0.2) is 0 Å². The van der Waals surface area contributed by atoms with Crippen molar-refractivity contribution in [2.45, 2.75) is 0 Å². The lowest BCUT2D eigenvalue weighted by molar-refractivity contribution is 0.0938. The van der Waals surface area contributed by atoms with Crippen molar-refractivity contribution in [3.05, 3.63) is 89.7 Å². The fourth-order valence-electron chi connectivity index (χ4n) is 2.97. The summed E-state index contributed by atoms with van der Waals surface area (Å²) in [4.78, 5) is 29.5. The molecule has 7 heteroatoms. The molecule has 2 aromatic carbocycles. The smallest absolute Gasteiger partial charge is 0.270 e. The number of aromatic nitrogens is 2. The highest BCUT2D eigenvalue weighted by atomic mass is 32.1. The van der Waals surface area contributed by atoms with Gasteiger partial charge < -0.3 is 10.6 Å². The van der Waals surface area contributed by atoms with Crippen LogP contribution in [-0.4, -0.2) is 34.1 Å². The Morgan fingerprint density at radius 3 is 2.55 bits per heavy atom. The van der Waals surface area contributed by atoms with Gasteiger partial charge in [0.2, 0.25) is 0 Å². The minimum Gasteiger partial charge on any atom is -0.367 e. The summed E-state index contributed by atoms with van der Waals surface area (Å²) in [6, 6.07) is 20.1. The second kappa shape index (κ2) is 8.62. The monoisotopic (exact) mass is 402 g/mol. The van der Waals surface area contributed by atoms with Crippen LogP contribution in [0.1, 0.15) is 26.4 Å². The molecule has 2 aromatic heterocycles. The van der Waals surface area contributed by atoms with E-state index in [0.717, 1.165) is 15.9 Å². The topological polar surface area (TPSA) is 84.0 Å². The number of ketones is 1. The van der Waals surface area contributed by atoms with Crippen LogP contribution in [0.5, 0.6) is 0 Å². The number of carbonyl (C=O) groups is 2. The highest BCUT2D eigenvalue weighted by Gasteiger charge is 2.19. The number of rotatable bonds is 7. The zero-order chi connectivity index (χ0) is 20.1. The number of benzene rings is 2. The van der Waals surface area contributed by atoms with Gasteiger partial charge >= 0.3 is 0 Å². The summed E-state index contributed by atoms with van der Waals surface area (Å²) in [6.45, 7) is 0.883. The maximum atomic E-state index is 12.7. The Morgan fingerprint density at radius 2 is 1.69 bits per heavy atom. The van der Waals surface area contributed by atoms with Gasteiger partial charge in [0.25, 0.3) is 5.91 Å². The van der Waals surface area contributed by atoms with Crippen LogP contribution in [-0.2, 0) is 0 Å². The Bertz CT molecular complexity index is 1160. The molecular formula is C22H18N4O2S. The first-order chi connectivity index (χ1) is 14.2. The molecular weight excluding hydrogens is 384 g/mol. The average molecular weight is 402 g/mol. The van der Waals surface area contributed by atoms with Crippen molar-refractivity contribution < 1.29 is 9.59 Å². The number of fused-ring (bicyclic) bond motifs is 1. The van der Waals surface area contributed by atoms with E-state index in [-0.39, 0.29) is 22.9 Å². The molecule has 0 saturated heterocycles. The quantitative estimate of drug-likeness (QED) is 0.363. The van der Waals surface area contributed by atoms with Crippen LogP contribution in [0.3, 0.4) is 0 Å². The number of nitrogens with zero attached hydrogens (tertiary/aromatic N) is 2. The SMILES string of the molecule is O=C(c1ccccc1)c1cccnc1C(=O)NCCNc1nsc2ccccc12. The van der Waals surface area contributed by atoms with E-state index >= 15 is 0 Å². The third kappa shape index (κ3) is 4.14. The molecule has 2 N–H and O–H groups in total. The first kappa shape index (κ1) is 18.8. The third-order valence-corrected chi connectivity index (χ3v) is 5.21. The number of hydrogen-bond acceptors (Lipinski definition) is 6. The summed E-state index contributed by atoms with van der Waals surface area (Å²) in [5.74, 6) is 0.198. The molecule has 0 saturated carbocycles. The Labute approximate surface area is 171 Å². The number of carbonyl (C=O) groups excluding carboxylic acids is 2. The van der Waals surface area contributed by atoms with E-state index in [1.807, 2.05) is 30.3 Å². The third-order valence-electron chi connectivity index (χ3n) is 4.38. The van der Waals surface area contributed by atoms with E-state index in [1.54, 1.807) is 36.4 Å². The van der Waals surface area contributed by atoms with Gasteiger partial charge in [0.05, 0.1) is 10.3 Å². The van der Waals surface area contributed by atoms with Crippen LogP contribution in [0.4, 0.5) is 5.82 Å². The molecule has 0 bridgehead atoms. The molecule has 29 heavy (non-hydrogen) atoms. The molecule has 0 unspecified atom stereocenters. The van der Waals surface area contributed by atoms with Crippen molar-refractivity contribution in [3.8, 4) is 0 Å². The van der Waals surface area contributed by atoms with Crippen LogP contribution in [0, 0.1) is 0 Å². The van der Waals surface area contributed by atoms with Crippen LogP contribution in [0.15, 0.2) is 72.9 Å². The van der Waals surface area contributed by atoms with E-state index in [9.17, 15) is 9.59 Å². The molecule has 6 nitrogen and oxygen atoms in total. The zero-order valence-corrected chi connectivity index (χ0v) is 16.3. The van der Waals surface area contributed by atoms with Gasteiger partial charge in [-0.1, -0.05) is 42.5 Å². The molecule has 1 amide bonds. The lowest BCUT2D eigenvalue weighted by atomic mass is 10.0. The van der Waals surface area contributed by atoms with E-state index in [1.165, 1.54) is 17.7 Å². The molecule has 0 fully saturated rings. The molecule has 0 atom stereocenters. The molecule has 2 heterocycles. The predicted molar refractivity (Wildman–Crippen MR) is 115 cm³/mol. The van der Waals surface area contributed by atoms with Crippen molar-refractivity contribution in [1.29, 1.82) is 0 Å². The van der Waals surface area contributed by atoms with Gasteiger partial charge in [-0.15, -0.1) is 0 Å². The van der Waals surface area contributed by atoms with Gasteiger partial charge in [-0.3, -0.25) is 14.6 Å². The second-order valence-corrected chi connectivity index (χ2v) is 7.11. The van der Waals surface area contributed by atoms with Crippen LogP contribution < -0.4 is 10.6 Å². The largest absolute Gasteiger partial charge is 0.367 e. The molecule has 4 rings (SSSR count). The van der Waals surface area contributed by atoms with E-state index < -0.39 is 0 Å². The standard InChI is InChI=1S/C22H18N4O2S/c27-20(15-7-2-1-3-8-15)17-10-6-12-23-19(17)22(28)25-14-13-24-21-16-9-4-5-11-18(16)29-26-21/h1-12H,13-14H2,(H,24,26)(H,25,28). The number of amides is 1. The number of hydrogen-bond donors (Lipinski definition) is 2. The van der Waals surface area contributed by atoms with E-state index in [0.29, 0.717) is 18.7 Å². The summed E-state index contributed by atoms with van der Waals surface area (Å²) in [5.41, 5.74) is 0.932. The van der Waals surface area contributed by atoms with Crippen molar-refractivity contribution >= 4 is 39.1 Å². The molecule has 0 radical (unpaired) electrons. The van der Waals surface area contributed by atoms with Crippen molar-refractivity contribution in [1.82, 2.24) is 14.7 Å². The molecule has 0 aliphatic rings. The fraction of sp³-hybridized carbons (Fsp3) is 0.0909. The summed E-state index contributed by atoms with van der Waals surface area (Å²) in [5, 5.41) is 7.11. The summed E-state index contributed by atoms with van der Waals surface area (Å²) in [6.07, 6.45) is 1.51. The first-order valence-corrected chi connectivity index (χ1v) is 9.92. The van der Waals surface area contributed by atoms with E-state index in [2.05, 4.69) is 20.0 Å². The summed E-state index contributed by atoms with van der Waals surface area (Å²) < 4.78 is 5.51. The number of nitrogens with one attached hydrogen (secondary N) is 2. The Kier molecular flexibility index (Phi) is 5.58. The normalized spacial score (nSPS) is 10.6. The molecule has 4 aromatic rings. The van der Waals surface area contributed by atoms with Crippen molar-refractivity contribution in [2.24, 2.45) is 0 Å². The predicted octanol–water partition coefficient (Wildman–Crippen LogP) is 3.76. The average Bonchev–Trinajstić information content (AvgIpc) is 3.20. The molecule has 144 valence electrons. The fourth-order valence-corrected chi connectivity index (χ4v) is 3.72. The minimum atomic E-state index is -0.380. The highest BCUT2D eigenvalue weighted by Crippen LogP contribution is 2.25. The van der Waals surface area contributed by atoms with Gasteiger partial charge in [0.15, 0.2) is 5.78 Å². The van der Waals surface area contributed by atoms with Gasteiger partial charge in [-0.05, 0) is 35.8 Å². The van der Waals surface area contributed by atoms with Crippen LogP contribution >= 0.6 is 11.5 Å². The molecule has 0 aliphatic heterocycles.